The lowest BCUT2D eigenvalue weighted by atomic mass is 9.79. The van der Waals surface area contributed by atoms with Gasteiger partial charge in [0, 0.05) is 11.5 Å². The van der Waals surface area contributed by atoms with E-state index in [0.717, 1.165) is 0 Å². The zero-order valence-corrected chi connectivity index (χ0v) is 22.8. The molecule has 1 unspecified atom stereocenters. The number of terminal acetylenes is 1. The summed E-state index contributed by atoms with van der Waals surface area (Å²) < 4.78 is 23.2. The molecule has 1 aromatic carbocycles. The molecule has 3 rings (SSSR count). The zero-order valence-electron chi connectivity index (χ0n) is 22.8. The Bertz CT molecular complexity index is 1330. The van der Waals surface area contributed by atoms with Crippen molar-refractivity contribution in [3.63, 3.8) is 0 Å². The summed E-state index contributed by atoms with van der Waals surface area (Å²) in [5.41, 5.74) is 0.915. The summed E-state index contributed by atoms with van der Waals surface area (Å²) in [4.78, 5) is 34.7. The topological polar surface area (TPSA) is 158 Å². The van der Waals surface area contributed by atoms with E-state index in [4.69, 9.17) is 34.7 Å². The van der Waals surface area contributed by atoms with Gasteiger partial charge in [0.2, 0.25) is 6.29 Å². The molecule has 1 aromatic heterocycles. The van der Waals surface area contributed by atoms with Crippen LogP contribution in [0.2, 0.25) is 0 Å². The normalized spacial score (nSPS) is 25.1. The number of aliphatic hydroxyl groups is 1. The Morgan fingerprint density at radius 2 is 2.05 bits per heavy atom. The van der Waals surface area contributed by atoms with E-state index < -0.39 is 41.7 Å². The van der Waals surface area contributed by atoms with E-state index in [1.165, 1.54) is 13.0 Å². The fourth-order valence-corrected chi connectivity index (χ4v) is 4.34. The summed E-state index contributed by atoms with van der Waals surface area (Å²) in [7, 11) is 0. The van der Waals surface area contributed by atoms with Gasteiger partial charge in [-0.1, -0.05) is 24.9 Å². The SMILES string of the molecule is C#CCONC(=O)O[C@@H]1[C@@H](C)[C@](C)(CC)OC(Oc2ccc3c(O)c(/C(C)=N\OCC)c(=O)oc3c2C)[C@@H]1O. The van der Waals surface area contributed by atoms with Gasteiger partial charge < -0.3 is 33.7 Å². The molecule has 39 heavy (non-hydrogen) atoms. The molecule has 1 aliphatic rings. The number of fused-ring (bicyclic) bond motifs is 1. The maximum absolute atomic E-state index is 12.7. The van der Waals surface area contributed by atoms with E-state index in [-0.39, 0.29) is 47.0 Å². The Hall–Kier alpha value is -3.79. The van der Waals surface area contributed by atoms with Crippen LogP contribution in [0.25, 0.3) is 11.0 Å². The second-order valence-electron chi connectivity index (χ2n) is 9.29. The highest BCUT2D eigenvalue weighted by Gasteiger charge is 2.52. The highest BCUT2D eigenvalue weighted by atomic mass is 16.7. The summed E-state index contributed by atoms with van der Waals surface area (Å²) in [6.07, 6.45) is 1.00. The number of rotatable bonds is 9. The highest BCUT2D eigenvalue weighted by molar-refractivity contribution is 6.04. The first-order valence-electron chi connectivity index (χ1n) is 12.5. The first kappa shape index (κ1) is 29.8. The Morgan fingerprint density at radius 1 is 1.33 bits per heavy atom. The molecule has 5 atom stereocenters. The van der Waals surface area contributed by atoms with Gasteiger partial charge in [-0.15, -0.1) is 6.42 Å². The van der Waals surface area contributed by atoms with E-state index in [0.29, 0.717) is 12.0 Å². The highest BCUT2D eigenvalue weighted by Crippen LogP contribution is 2.40. The van der Waals surface area contributed by atoms with E-state index in [9.17, 15) is 19.8 Å². The average Bonchev–Trinajstić information content (AvgIpc) is 2.90. The number of hydrogen-bond acceptors (Lipinski definition) is 11. The molecule has 1 fully saturated rings. The Balaban J connectivity index is 1.94. The Kier molecular flexibility index (Phi) is 9.45. The van der Waals surface area contributed by atoms with Gasteiger partial charge in [-0.3, -0.25) is 4.84 Å². The van der Waals surface area contributed by atoms with Crippen LogP contribution in [-0.4, -0.2) is 59.3 Å². The molecule has 212 valence electrons. The number of carbonyl (C=O) groups is 1. The van der Waals surface area contributed by atoms with Crippen LogP contribution in [0.5, 0.6) is 11.5 Å². The molecule has 12 heteroatoms. The van der Waals surface area contributed by atoms with Crippen LogP contribution in [0.3, 0.4) is 0 Å². The Morgan fingerprint density at radius 3 is 2.69 bits per heavy atom. The summed E-state index contributed by atoms with van der Waals surface area (Å²) in [5, 5.41) is 26.0. The number of hydrogen-bond donors (Lipinski definition) is 3. The molecule has 1 amide bonds. The lowest BCUT2D eigenvalue weighted by molar-refractivity contribution is -0.290. The summed E-state index contributed by atoms with van der Waals surface area (Å²) in [6, 6.07) is 3.05. The smallest absolute Gasteiger partial charge is 0.431 e. The second-order valence-corrected chi connectivity index (χ2v) is 9.29. The molecule has 0 aliphatic carbocycles. The zero-order chi connectivity index (χ0) is 28.9. The van der Waals surface area contributed by atoms with Crippen LogP contribution in [0.1, 0.15) is 52.2 Å². The third-order valence-corrected chi connectivity index (χ3v) is 6.90. The average molecular weight is 547 g/mol. The largest absolute Gasteiger partial charge is 0.506 e. The third kappa shape index (κ3) is 6.11. The summed E-state index contributed by atoms with van der Waals surface area (Å²) in [6.45, 7) is 10.5. The fourth-order valence-electron chi connectivity index (χ4n) is 4.34. The van der Waals surface area contributed by atoms with Gasteiger partial charge in [-0.25, -0.2) is 9.59 Å². The molecule has 2 aromatic rings. The van der Waals surface area contributed by atoms with Crippen molar-refractivity contribution in [1.29, 1.82) is 0 Å². The molecule has 1 saturated heterocycles. The minimum absolute atomic E-state index is 0.0812. The number of ether oxygens (including phenoxy) is 3. The van der Waals surface area contributed by atoms with Gasteiger partial charge in [0.25, 0.3) is 0 Å². The van der Waals surface area contributed by atoms with Crippen molar-refractivity contribution in [1.82, 2.24) is 5.48 Å². The maximum atomic E-state index is 12.7. The van der Waals surface area contributed by atoms with E-state index >= 15 is 0 Å². The van der Waals surface area contributed by atoms with Crippen LogP contribution < -0.4 is 15.8 Å². The van der Waals surface area contributed by atoms with Gasteiger partial charge in [0.05, 0.1) is 16.7 Å². The quantitative estimate of drug-likeness (QED) is 0.140. The number of nitrogens with zero attached hydrogens (tertiary/aromatic N) is 1. The predicted octanol–water partition coefficient (Wildman–Crippen LogP) is 3.13. The van der Waals surface area contributed by atoms with E-state index in [1.54, 1.807) is 26.8 Å². The lowest BCUT2D eigenvalue weighted by Gasteiger charge is -2.48. The number of amides is 1. The van der Waals surface area contributed by atoms with Gasteiger partial charge in [0.15, 0.2) is 6.10 Å². The fraction of sp³-hybridized carbons (Fsp3) is 0.519. The number of aliphatic hydroxyl groups excluding tert-OH is 1. The summed E-state index contributed by atoms with van der Waals surface area (Å²) in [5.74, 6) is 1.68. The number of nitrogens with one attached hydrogen (secondary N) is 1. The van der Waals surface area contributed by atoms with Crippen molar-refractivity contribution in [2.24, 2.45) is 11.1 Å². The lowest BCUT2D eigenvalue weighted by Crippen LogP contribution is -2.62. The minimum atomic E-state index is -1.40. The van der Waals surface area contributed by atoms with Crippen molar-refractivity contribution in [3.8, 4) is 23.8 Å². The van der Waals surface area contributed by atoms with Gasteiger partial charge in [0.1, 0.15) is 42.0 Å². The van der Waals surface area contributed by atoms with Crippen molar-refractivity contribution in [3.05, 3.63) is 33.7 Å². The summed E-state index contributed by atoms with van der Waals surface area (Å²) >= 11 is 0. The number of aromatic hydroxyl groups is 1. The van der Waals surface area contributed by atoms with Crippen LogP contribution in [0, 0.1) is 25.2 Å². The molecule has 0 radical (unpaired) electrons. The van der Waals surface area contributed by atoms with Gasteiger partial charge in [-0.2, -0.15) is 5.48 Å². The second kappa shape index (κ2) is 12.4. The molecule has 2 heterocycles. The van der Waals surface area contributed by atoms with Crippen molar-refractivity contribution in [2.75, 3.05) is 13.2 Å². The van der Waals surface area contributed by atoms with E-state index in [2.05, 4.69) is 16.6 Å². The molecule has 12 nitrogen and oxygen atoms in total. The number of carbonyl (C=O) groups excluding carboxylic acids is 1. The van der Waals surface area contributed by atoms with E-state index in [1.807, 2.05) is 13.8 Å². The first-order chi connectivity index (χ1) is 18.5. The van der Waals surface area contributed by atoms with Gasteiger partial charge in [-0.05, 0) is 46.2 Å². The van der Waals surface area contributed by atoms with Crippen LogP contribution in [-0.2, 0) is 19.1 Å². The van der Waals surface area contributed by atoms with Crippen LogP contribution in [0.4, 0.5) is 4.79 Å². The van der Waals surface area contributed by atoms with Crippen LogP contribution in [0.15, 0.2) is 26.5 Å². The monoisotopic (exact) mass is 546 g/mol. The van der Waals surface area contributed by atoms with Crippen LogP contribution >= 0.6 is 0 Å². The molecule has 1 aliphatic heterocycles. The molecule has 3 N–H and O–H groups in total. The molecule has 0 spiro atoms. The standard InChI is InChI=1S/C27H34N2O10/c1-8-13-35-29-26(33)38-23-15(5)27(7,9-2)39-25(21(23)31)36-18-12-11-17-20(30)19(16(6)28-34-10-3)24(32)37-22(17)14(18)4/h1,11-12,15,21,23,25,30-31H,9-10,13H2,2-7H3,(H,29,33)/b28-16-/t15-,21-,23-,25?,27+/m1/s1. The van der Waals surface area contributed by atoms with Crippen molar-refractivity contribution in [2.45, 2.75) is 72.1 Å². The minimum Gasteiger partial charge on any atom is -0.506 e. The predicted molar refractivity (Wildman–Crippen MR) is 140 cm³/mol. The van der Waals surface area contributed by atoms with Gasteiger partial charge >= 0.3 is 11.7 Å². The molecule has 0 saturated carbocycles. The Labute approximate surface area is 225 Å². The number of benzene rings is 1. The number of oxime groups is 1. The molecule has 0 bridgehead atoms. The first-order valence-corrected chi connectivity index (χ1v) is 12.5. The van der Waals surface area contributed by atoms with Crippen molar-refractivity contribution >= 4 is 22.8 Å². The maximum Gasteiger partial charge on any atom is 0.431 e. The number of aryl methyl sites for hydroxylation is 1. The molecular weight excluding hydrogens is 512 g/mol. The number of hydroxylamine groups is 1. The molecular formula is C27H34N2O10. The van der Waals surface area contributed by atoms with Crippen molar-refractivity contribution < 1.29 is 43.3 Å². The third-order valence-electron chi connectivity index (χ3n) is 6.90.